The summed E-state index contributed by atoms with van der Waals surface area (Å²) in [5.41, 5.74) is 0. The van der Waals surface area contributed by atoms with Crippen molar-refractivity contribution in [2.45, 2.75) is 51.8 Å². The van der Waals surface area contributed by atoms with E-state index in [0.29, 0.717) is 18.2 Å². The maximum Gasteiger partial charge on any atom is 0.0710 e. The number of hydrogen-bond donors (Lipinski definition) is 1. The van der Waals surface area contributed by atoms with Crippen LogP contribution in [-0.2, 0) is 4.74 Å². The summed E-state index contributed by atoms with van der Waals surface area (Å²) in [5, 5.41) is 3.56. The molecule has 3 nitrogen and oxygen atoms in total. The Morgan fingerprint density at radius 1 is 1.47 bits per heavy atom. The summed E-state index contributed by atoms with van der Waals surface area (Å²) in [4.78, 5) is 2.53. The van der Waals surface area contributed by atoms with Gasteiger partial charge in [-0.2, -0.15) is 0 Å². The fraction of sp³-hybridized carbons (Fsp3) is 1.00. The van der Waals surface area contributed by atoms with Crippen LogP contribution in [0, 0.1) is 0 Å². The first kappa shape index (κ1) is 12.9. The number of methoxy groups -OCH3 is 1. The topological polar surface area (TPSA) is 24.5 Å². The number of nitrogens with zero attached hydrogens (tertiary/aromatic N) is 1. The van der Waals surface area contributed by atoms with Crippen molar-refractivity contribution in [1.29, 1.82) is 0 Å². The van der Waals surface area contributed by atoms with E-state index in [9.17, 15) is 0 Å². The summed E-state index contributed by atoms with van der Waals surface area (Å²) in [6, 6.07) is 1.18. The van der Waals surface area contributed by atoms with Crippen molar-refractivity contribution in [2.24, 2.45) is 0 Å². The largest absolute Gasteiger partial charge is 0.380 e. The Hall–Kier alpha value is -0.120. The maximum absolute atomic E-state index is 5.39. The normalized spacial score (nSPS) is 26.8. The average Bonchev–Trinajstić information content (AvgIpc) is 2.73. The molecular formula is C12H26N2O. The summed E-state index contributed by atoms with van der Waals surface area (Å²) in [6.45, 7) is 10.2. The number of hydrogen-bond acceptors (Lipinski definition) is 3. The molecule has 1 heterocycles. The van der Waals surface area contributed by atoms with E-state index < -0.39 is 0 Å². The third kappa shape index (κ3) is 3.74. The van der Waals surface area contributed by atoms with Crippen LogP contribution in [0.15, 0.2) is 0 Å². The smallest absolute Gasteiger partial charge is 0.0710 e. The first-order chi connectivity index (χ1) is 7.19. The molecule has 0 amide bonds. The van der Waals surface area contributed by atoms with E-state index in [2.05, 4.69) is 31.0 Å². The van der Waals surface area contributed by atoms with Crippen molar-refractivity contribution < 1.29 is 4.74 Å². The lowest BCUT2D eigenvalue weighted by Crippen LogP contribution is -2.46. The molecule has 90 valence electrons. The Bertz CT molecular complexity index is 175. The zero-order valence-electron chi connectivity index (χ0n) is 10.6. The molecule has 3 heteroatoms. The minimum atomic E-state index is 0.450. The van der Waals surface area contributed by atoms with Gasteiger partial charge in [-0.15, -0.1) is 0 Å². The van der Waals surface area contributed by atoms with Gasteiger partial charge in [-0.1, -0.05) is 6.92 Å². The van der Waals surface area contributed by atoms with Gasteiger partial charge in [-0.05, 0) is 33.2 Å². The molecular weight excluding hydrogens is 188 g/mol. The SMILES string of the molecule is CCCNC(C)C(C)N1CCC(OC)C1. The highest BCUT2D eigenvalue weighted by molar-refractivity contribution is 4.84. The summed E-state index contributed by atoms with van der Waals surface area (Å²) >= 11 is 0. The Labute approximate surface area is 94.2 Å². The second-order valence-corrected chi connectivity index (χ2v) is 4.62. The maximum atomic E-state index is 5.39. The minimum Gasteiger partial charge on any atom is -0.380 e. The van der Waals surface area contributed by atoms with Gasteiger partial charge in [0.05, 0.1) is 6.10 Å². The Kier molecular flexibility index (Phi) is 5.58. The first-order valence-electron chi connectivity index (χ1n) is 6.19. The monoisotopic (exact) mass is 214 g/mol. The molecule has 0 aromatic heterocycles. The summed E-state index contributed by atoms with van der Waals surface area (Å²) in [7, 11) is 1.82. The number of rotatable bonds is 6. The van der Waals surface area contributed by atoms with E-state index in [1.807, 2.05) is 7.11 Å². The Morgan fingerprint density at radius 3 is 2.73 bits per heavy atom. The fourth-order valence-electron chi connectivity index (χ4n) is 2.18. The van der Waals surface area contributed by atoms with E-state index in [0.717, 1.165) is 13.1 Å². The second-order valence-electron chi connectivity index (χ2n) is 4.62. The predicted octanol–water partition coefficient (Wildman–Crippen LogP) is 1.48. The molecule has 0 radical (unpaired) electrons. The van der Waals surface area contributed by atoms with Crippen LogP contribution in [0.25, 0.3) is 0 Å². The predicted molar refractivity (Wildman–Crippen MR) is 64.2 cm³/mol. The third-order valence-corrected chi connectivity index (χ3v) is 3.53. The molecule has 1 N–H and O–H groups in total. The second kappa shape index (κ2) is 6.46. The molecule has 3 atom stereocenters. The minimum absolute atomic E-state index is 0.450. The van der Waals surface area contributed by atoms with E-state index >= 15 is 0 Å². The zero-order chi connectivity index (χ0) is 11.3. The highest BCUT2D eigenvalue weighted by atomic mass is 16.5. The van der Waals surface area contributed by atoms with Gasteiger partial charge in [0.1, 0.15) is 0 Å². The van der Waals surface area contributed by atoms with E-state index in [4.69, 9.17) is 4.74 Å². The number of likely N-dealkylation sites (tertiary alicyclic amines) is 1. The molecule has 1 aliphatic heterocycles. The van der Waals surface area contributed by atoms with Crippen molar-refractivity contribution in [2.75, 3.05) is 26.7 Å². The molecule has 1 fully saturated rings. The van der Waals surface area contributed by atoms with Crippen molar-refractivity contribution in [3.05, 3.63) is 0 Å². The van der Waals surface area contributed by atoms with E-state index in [-0.39, 0.29) is 0 Å². The summed E-state index contributed by atoms with van der Waals surface area (Å²) in [5.74, 6) is 0. The van der Waals surface area contributed by atoms with E-state index in [1.165, 1.54) is 19.4 Å². The summed E-state index contributed by atoms with van der Waals surface area (Å²) < 4.78 is 5.39. The van der Waals surface area contributed by atoms with Gasteiger partial charge in [0.15, 0.2) is 0 Å². The van der Waals surface area contributed by atoms with Crippen molar-refractivity contribution in [3.8, 4) is 0 Å². The standard InChI is InChI=1S/C12H26N2O/c1-5-7-13-10(2)11(3)14-8-6-12(9-14)15-4/h10-13H,5-9H2,1-4H3. The number of nitrogens with one attached hydrogen (secondary N) is 1. The molecule has 1 rings (SSSR count). The van der Waals surface area contributed by atoms with E-state index in [1.54, 1.807) is 0 Å². The molecule has 1 aliphatic rings. The molecule has 3 unspecified atom stereocenters. The van der Waals surface area contributed by atoms with Crippen LogP contribution in [0.5, 0.6) is 0 Å². The van der Waals surface area contributed by atoms with Crippen molar-refractivity contribution >= 4 is 0 Å². The van der Waals surface area contributed by atoms with Gasteiger partial charge in [-0.25, -0.2) is 0 Å². The van der Waals surface area contributed by atoms with Crippen LogP contribution in [0.2, 0.25) is 0 Å². The van der Waals surface area contributed by atoms with Crippen LogP contribution in [0.3, 0.4) is 0 Å². The molecule has 0 aliphatic carbocycles. The average molecular weight is 214 g/mol. The molecule has 0 aromatic rings. The van der Waals surface area contributed by atoms with Crippen LogP contribution >= 0.6 is 0 Å². The van der Waals surface area contributed by atoms with Crippen LogP contribution < -0.4 is 5.32 Å². The lowest BCUT2D eigenvalue weighted by Gasteiger charge is -2.30. The highest BCUT2D eigenvalue weighted by Gasteiger charge is 2.28. The van der Waals surface area contributed by atoms with Crippen molar-refractivity contribution in [3.63, 3.8) is 0 Å². The van der Waals surface area contributed by atoms with Gasteiger partial charge in [0.2, 0.25) is 0 Å². The lowest BCUT2D eigenvalue weighted by atomic mass is 10.1. The van der Waals surface area contributed by atoms with Crippen LogP contribution in [0.1, 0.15) is 33.6 Å². The van der Waals surface area contributed by atoms with Crippen molar-refractivity contribution in [1.82, 2.24) is 10.2 Å². The van der Waals surface area contributed by atoms with Gasteiger partial charge in [-0.3, -0.25) is 4.90 Å². The van der Waals surface area contributed by atoms with Crippen LogP contribution in [-0.4, -0.2) is 49.8 Å². The Morgan fingerprint density at radius 2 is 2.20 bits per heavy atom. The van der Waals surface area contributed by atoms with Gasteiger partial charge in [0, 0.05) is 32.3 Å². The van der Waals surface area contributed by atoms with Gasteiger partial charge in [0.25, 0.3) is 0 Å². The number of ether oxygens (including phenoxy) is 1. The highest BCUT2D eigenvalue weighted by Crippen LogP contribution is 2.16. The van der Waals surface area contributed by atoms with Gasteiger partial charge < -0.3 is 10.1 Å². The lowest BCUT2D eigenvalue weighted by molar-refractivity contribution is 0.0986. The third-order valence-electron chi connectivity index (χ3n) is 3.53. The fourth-order valence-corrected chi connectivity index (χ4v) is 2.18. The quantitative estimate of drug-likeness (QED) is 0.725. The molecule has 1 saturated heterocycles. The Balaban J connectivity index is 2.30. The first-order valence-corrected chi connectivity index (χ1v) is 6.19. The molecule has 0 saturated carbocycles. The van der Waals surface area contributed by atoms with Gasteiger partial charge >= 0.3 is 0 Å². The molecule has 0 spiro atoms. The summed E-state index contributed by atoms with van der Waals surface area (Å²) in [6.07, 6.45) is 2.84. The van der Waals surface area contributed by atoms with Crippen LogP contribution in [0.4, 0.5) is 0 Å². The molecule has 0 aromatic carbocycles. The molecule has 0 bridgehead atoms. The zero-order valence-corrected chi connectivity index (χ0v) is 10.6. The molecule has 15 heavy (non-hydrogen) atoms.